The highest BCUT2D eigenvalue weighted by Gasteiger charge is 2.43. The van der Waals surface area contributed by atoms with Crippen molar-refractivity contribution in [2.45, 2.75) is 51.5 Å². The number of amides is 3. The van der Waals surface area contributed by atoms with Gasteiger partial charge in [-0.2, -0.15) is 0 Å². The van der Waals surface area contributed by atoms with Gasteiger partial charge in [0.25, 0.3) is 0 Å². The Morgan fingerprint density at radius 1 is 1.38 bits per heavy atom. The maximum absolute atomic E-state index is 12.4. The molecule has 118 valence electrons. The molecule has 0 aromatic heterocycles. The number of rotatable bonds is 5. The molecule has 1 atom stereocenters. The number of hydrogen-bond acceptors (Lipinski definition) is 3. The van der Waals surface area contributed by atoms with Crippen LogP contribution in [0.15, 0.2) is 0 Å². The van der Waals surface area contributed by atoms with E-state index in [1.807, 2.05) is 13.8 Å². The standard InChI is InChI=1S/C15H25N3O3/c1-10(2)8-18-9-11(7-12(18)19)13(20)17-15(14(16)21)5-3-4-6-15/h10-11H,3-9H2,1-2H3,(H2,16,21)(H,17,20). The van der Waals surface area contributed by atoms with Gasteiger partial charge in [-0.3, -0.25) is 14.4 Å². The minimum Gasteiger partial charge on any atom is -0.368 e. The highest BCUT2D eigenvalue weighted by Crippen LogP contribution is 2.30. The molecule has 6 heteroatoms. The molecule has 3 N–H and O–H groups in total. The first kappa shape index (κ1) is 15.8. The normalized spacial score (nSPS) is 24.6. The number of hydrogen-bond donors (Lipinski definition) is 2. The van der Waals surface area contributed by atoms with Crippen molar-refractivity contribution in [2.75, 3.05) is 13.1 Å². The fourth-order valence-electron chi connectivity index (χ4n) is 3.31. The first-order valence-corrected chi connectivity index (χ1v) is 7.74. The van der Waals surface area contributed by atoms with E-state index >= 15 is 0 Å². The maximum Gasteiger partial charge on any atom is 0.243 e. The number of carbonyl (C=O) groups is 3. The van der Waals surface area contributed by atoms with Crippen LogP contribution in [0.5, 0.6) is 0 Å². The maximum atomic E-state index is 12.4. The zero-order valence-electron chi connectivity index (χ0n) is 12.9. The SMILES string of the molecule is CC(C)CN1CC(C(=O)NC2(C(N)=O)CCCC2)CC1=O. The number of nitrogens with two attached hydrogens (primary N) is 1. The molecule has 1 unspecified atom stereocenters. The predicted molar refractivity (Wildman–Crippen MR) is 78.1 cm³/mol. The minimum atomic E-state index is -0.897. The third kappa shape index (κ3) is 3.36. The van der Waals surface area contributed by atoms with E-state index < -0.39 is 11.4 Å². The van der Waals surface area contributed by atoms with Crippen molar-refractivity contribution in [3.05, 3.63) is 0 Å². The van der Waals surface area contributed by atoms with Gasteiger partial charge in [0.1, 0.15) is 5.54 Å². The summed E-state index contributed by atoms with van der Waals surface area (Å²) in [5, 5.41) is 2.84. The summed E-state index contributed by atoms with van der Waals surface area (Å²) in [6.07, 6.45) is 3.22. The van der Waals surface area contributed by atoms with E-state index in [4.69, 9.17) is 5.73 Å². The molecule has 0 aromatic rings. The molecule has 2 rings (SSSR count). The summed E-state index contributed by atoms with van der Waals surface area (Å²) >= 11 is 0. The zero-order valence-corrected chi connectivity index (χ0v) is 12.9. The second kappa shape index (κ2) is 6.03. The lowest BCUT2D eigenvalue weighted by Gasteiger charge is -2.28. The summed E-state index contributed by atoms with van der Waals surface area (Å²) in [6.45, 7) is 5.20. The van der Waals surface area contributed by atoms with Crippen molar-refractivity contribution in [2.24, 2.45) is 17.6 Å². The number of nitrogens with one attached hydrogen (secondary N) is 1. The van der Waals surface area contributed by atoms with Gasteiger partial charge in [0, 0.05) is 19.5 Å². The van der Waals surface area contributed by atoms with Gasteiger partial charge >= 0.3 is 0 Å². The van der Waals surface area contributed by atoms with Gasteiger partial charge in [-0.05, 0) is 18.8 Å². The lowest BCUT2D eigenvalue weighted by atomic mass is 9.95. The summed E-state index contributed by atoms with van der Waals surface area (Å²) in [6, 6.07) is 0. The van der Waals surface area contributed by atoms with Crippen molar-refractivity contribution < 1.29 is 14.4 Å². The molecule has 2 aliphatic rings. The van der Waals surface area contributed by atoms with Crippen molar-refractivity contribution >= 4 is 17.7 Å². The summed E-state index contributed by atoms with van der Waals surface area (Å²) in [7, 11) is 0. The Morgan fingerprint density at radius 3 is 2.52 bits per heavy atom. The van der Waals surface area contributed by atoms with Crippen LogP contribution >= 0.6 is 0 Å². The number of primary amides is 1. The monoisotopic (exact) mass is 295 g/mol. The third-order valence-corrected chi connectivity index (χ3v) is 4.46. The van der Waals surface area contributed by atoms with Crippen molar-refractivity contribution in [1.82, 2.24) is 10.2 Å². The summed E-state index contributed by atoms with van der Waals surface area (Å²) < 4.78 is 0. The molecule has 1 heterocycles. The molecular formula is C15H25N3O3. The molecule has 1 aliphatic heterocycles. The van der Waals surface area contributed by atoms with Gasteiger partial charge in [-0.25, -0.2) is 0 Å². The van der Waals surface area contributed by atoms with Crippen LogP contribution in [0.1, 0.15) is 46.0 Å². The Kier molecular flexibility index (Phi) is 4.54. The Balaban J connectivity index is 1.98. The first-order chi connectivity index (χ1) is 9.84. The lowest BCUT2D eigenvalue weighted by Crippen LogP contribution is -2.57. The van der Waals surface area contributed by atoms with Gasteiger partial charge in [-0.15, -0.1) is 0 Å². The molecule has 3 amide bonds. The van der Waals surface area contributed by atoms with Crippen LogP contribution in [0.2, 0.25) is 0 Å². The smallest absolute Gasteiger partial charge is 0.243 e. The molecule has 0 radical (unpaired) electrons. The molecule has 0 spiro atoms. The summed E-state index contributed by atoms with van der Waals surface area (Å²) in [5.41, 5.74) is 4.57. The fraction of sp³-hybridized carbons (Fsp3) is 0.800. The first-order valence-electron chi connectivity index (χ1n) is 7.74. The molecular weight excluding hydrogens is 270 g/mol. The zero-order chi connectivity index (χ0) is 15.6. The van der Waals surface area contributed by atoms with E-state index in [-0.39, 0.29) is 24.2 Å². The van der Waals surface area contributed by atoms with Crippen LogP contribution in [-0.4, -0.2) is 41.2 Å². The minimum absolute atomic E-state index is 0.0170. The molecule has 1 aliphatic carbocycles. The van der Waals surface area contributed by atoms with Gasteiger partial charge in [0.2, 0.25) is 17.7 Å². The van der Waals surface area contributed by atoms with Gasteiger partial charge in [-0.1, -0.05) is 26.7 Å². The van der Waals surface area contributed by atoms with Crippen LogP contribution in [0.25, 0.3) is 0 Å². The lowest BCUT2D eigenvalue weighted by molar-refractivity contribution is -0.133. The van der Waals surface area contributed by atoms with Crippen LogP contribution < -0.4 is 11.1 Å². The number of likely N-dealkylation sites (tertiary alicyclic amines) is 1. The van der Waals surface area contributed by atoms with E-state index in [1.165, 1.54) is 0 Å². The molecule has 2 fully saturated rings. The second-order valence-electron chi connectivity index (χ2n) is 6.74. The van der Waals surface area contributed by atoms with E-state index in [2.05, 4.69) is 5.32 Å². The van der Waals surface area contributed by atoms with Crippen molar-refractivity contribution in [3.8, 4) is 0 Å². The molecule has 1 saturated heterocycles. The molecule has 21 heavy (non-hydrogen) atoms. The Bertz CT molecular complexity index is 441. The van der Waals surface area contributed by atoms with E-state index in [0.29, 0.717) is 31.8 Å². The number of carbonyl (C=O) groups excluding carboxylic acids is 3. The number of nitrogens with zero attached hydrogens (tertiary/aromatic N) is 1. The van der Waals surface area contributed by atoms with Crippen molar-refractivity contribution in [3.63, 3.8) is 0 Å². The van der Waals surface area contributed by atoms with E-state index in [0.717, 1.165) is 12.8 Å². The van der Waals surface area contributed by atoms with Crippen LogP contribution in [0, 0.1) is 11.8 Å². The average molecular weight is 295 g/mol. The highest BCUT2D eigenvalue weighted by atomic mass is 16.2. The summed E-state index contributed by atoms with van der Waals surface area (Å²) in [5.74, 6) is -0.647. The fourth-order valence-corrected chi connectivity index (χ4v) is 3.31. The highest BCUT2D eigenvalue weighted by molar-refractivity contribution is 5.94. The Morgan fingerprint density at radius 2 is 2.00 bits per heavy atom. The summed E-state index contributed by atoms with van der Waals surface area (Å²) in [4.78, 5) is 37.7. The molecule has 0 bridgehead atoms. The molecule has 1 saturated carbocycles. The topological polar surface area (TPSA) is 92.5 Å². The quantitative estimate of drug-likeness (QED) is 0.769. The van der Waals surface area contributed by atoms with Gasteiger partial charge in [0.05, 0.1) is 5.92 Å². The molecule has 6 nitrogen and oxygen atoms in total. The van der Waals surface area contributed by atoms with Crippen LogP contribution in [0.3, 0.4) is 0 Å². The van der Waals surface area contributed by atoms with Gasteiger partial charge < -0.3 is 16.0 Å². The largest absolute Gasteiger partial charge is 0.368 e. The molecule has 0 aromatic carbocycles. The van der Waals surface area contributed by atoms with Crippen LogP contribution in [-0.2, 0) is 14.4 Å². The Hall–Kier alpha value is -1.59. The second-order valence-corrected chi connectivity index (χ2v) is 6.74. The van der Waals surface area contributed by atoms with Gasteiger partial charge in [0.15, 0.2) is 0 Å². The van der Waals surface area contributed by atoms with Crippen molar-refractivity contribution in [1.29, 1.82) is 0 Å². The van der Waals surface area contributed by atoms with E-state index in [9.17, 15) is 14.4 Å². The predicted octanol–water partition coefficient (Wildman–Crippen LogP) is 0.405. The van der Waals surface area contributed by atoms with Crippen LogP contribution in [0.4, 0.5) is 0 Å². The Labute approximate surface area is 125 Å². The third-order valence-electron chi connectivity index (χ3n) is 4.46. The van der Waals surface area contributed by atoms with E-state index in [1.54, 1.807) is 4.90 Å². The average Bonchev–Trinajstić information content (AvgIpc) is 2.98.